The number of carbonyl (C=O) groups excluding carboxylic acids is 2. The summed E-state index contributed by atoms with van der Waals surface area (Å²) in [6, 6.07) is 0. The van der Waals surface area contributed by atoms with Gasteiger partial charge in [-0.2, -0.15) is 0 Å². The molecule has 0 saturated heterocycles. The lowest BCUT2D eigenvalue weighted by atomic mass is 10.4. The third-order valence-corrected chi connectivity index (χ3v) is 1.95. The van der Waals surface area contributed by atoms with E-state index in [0.717, 1.165) is 0 Å². The molecule has 4 nitrogen and oxygen atoms in total. The third kappa shape index (κ3) is 4.33. The van der Waals surface area contributed by atoms with Crippen molar-refractivity contribution in [1.82, 2.24) is 5.32 Å². The van der Waals surface area contributed by atoms with Crippen molar-refractivity contribution in [2.75, 3.05) is 13.7 Å². The molecule has 1 amide bonds. The number of esters is 1. The average Bonchev–Trinajstić information content (AvgIpc) is 2.11. The molecule has 1 unspecified atom stereocenters. The van der Waals surface area contributed by atoms with Gasteiger partial charge in [-0.05, 0) is 0 Å². The molecule has 0 spiro atoms. The van der Waals surface area contributed by atoms with E-state index in [2.05, 4.69) is 26.0 Å². The molecule has 0 saturated carbocycles. The van der Waals surface area contributed by atoms with Gasteiger partial charge in [0.1, 0.15) is 4.83 Å². The van der Waals surface area contributed by atoms with Crippen LogP contribution in [0.5, 0.6) is 0 Å². The molecular weight excluding hydrogens is 226 g/mol. The molecule has 0 radical (unpaired) electrons. The topological polar surface area (TPSA) is 55.4 Å². The molecule has 0 rings (SSSR count). The van der Waals surface area contributed by atoms with Gasteiger partial charge in [0.2, 0.25) is 5.91 Å². The maximum absolute atomic E-state index is 10.8. The molecule has 0 aromatic carbocycles. The molecule has 0 aliphatic heterocycles. The van der Waals surface area contributed by atoms with Crippen LogP contribution in [-0.2, 0) is 14.3 Å². The van der Waals surface area contributed by atoms with Crippen molar-refractivity contribution in [1.29, 1.82) is 0 Å². The number of ether oxygens (including phenoxy) is 1. The Morgan fingerprint density at radius 3 is 2.58 bits per heavy atom. The molecule has 0 heterocycles. The van der Waals surface area contributed by atoms with Crippen LogP contribution in [0.1, 0.15) is 13.3 Å². The fraction of sp³-hybridized carbons (Fsp3) is 0.714. The molecule has 12 heavy (non-hydrogen) atoms. The summed E-state index contributed by atoms with van der Waals surface area (Å²) in [4.78, 5) is 21.1. The van der Waals surface area contributed by atoms with E-state index in [9.17, 15) is 9.59 Å². The van der Waals surface area contributed by atoms with Gasteiger partial charge < -0.3 is 10.1 Å². The largest absolute Gasteiger partial charge is 0.468 e. The Balaban J connectivity index is 3.63. The van der Waals surface area contributed by atoms with Gasteiger partial charge in [-0.3, -0.25) is 9.59 Å². The Hall–Kier alpha value is -0.580. The van der Waals surface area contributed by atoms with Crippen molar-refractivity contribution in [2.24, 2.45) is 0 Å². The van der Waals surface area contributed by atoms with Crippen molar-refractivity contribution < 1.29 is 14.3 Å². The Morgan fingerprint density at radius 1 is 1.58 bits per heavy atom. The standard InChI is InChI=1S/C7H12BrNO3/c1-3-6(10)9-4-5(8)7(11)12-2/h5H,3-4H2,1-2H3,(H,9,10). The second kappa shape index (κ2) is 5.99. The summed E-state index contributed by atoms with van der Waals surface area (Å²) in [6.45, 7) is 2.01. The first kappa shape index (κ1) is 11.4. The first-order valence-electron chi connectivity index (χ1n) is 3.60. The second-order valence-electron chi connectivity index (χ2n) is 2.15. The number of alkyl halides is 1. The minimum atomic E-state index is -0.460. The number of amides is 1. The van der Waals surface area contributed by atoms with E-state index in [0.29, 0.717) is 6.42 Å². The number of carbonyl (C=O) groups is 2. The lowest BCUT2D eigenvalue weighted by Crippen LogP contribution is -2.33. The zero-order valence-corrected chi connectivity index (χ0v) is 8.68. The van der Waals surface area contributed by atoms with Crippen LogP contribution in [0.4, 0.5) is 0 Å². The second-order valence-corrected chi connectivity index (χ2v) is 3.25. The van der Waals surface area contributed by atoms with Crippen LogP contribution in [-0.4, -0.2) is 30.4 Å². The van der Waals surface area contributed by atoms with E-state index in [4.69, 9.17) is 0 Å². The smallest absolute Gasteiger partial charge is 0.321 e. The summed E-state index contributed by atoms with van der Waals surface area (Å²) in [5, 5.41) is 2.56. The SMILES string of the molecule is CCC(=O)NCC(Br)C(=O)OC. The summed E-state index contributed by atoms with van der Waals surface area (Å²) in [6.07, 6.45) is 0.418. The highest BCUT2D eigenvalue weighted by Crippen LogP contribution is 1.99. The van der Waals surface area contributed by atoms with Gasteiger partial charge in [0.25, 0.3) is 0 Å². The molecule has 5 heteroatoms. The average molecular weight is 238 g/mol. The molecule has 1 N–H and O–H groups in total. The van der Waals surface area contributed by atoms with Gasteiger partial charge in [-0.25, -0.2) is 0 Å². The molecule has 0 aromatic rings. The number of hydrogen-bond donors (Lipinski definition) is 1. The van der Waals surface area contributed by atoms with Crippen molar-refractivity contribution in [3.8, 4) is 0 Å². The monoisotopic (exact) mass is 237 g/mol. The van der Waals surface area contributed by atoms with Crippen LogP contribution in [0.15, 0.2) is 0 Å². The van der Waals surface area contributed by atoms with E-state index >= 15 is 0 Å². The van der Waals surface area contributed by atoms with E-state index < -0.39 is 4.83 Å². The minimum Gasteiger partial charge on any atom is -0.468 e. The normalized spacial score (nSPS) is 11.9. The zero-order valence-electron chi connectivity index (χ0n) is 7.09. The van der Waals surface area contributed by atoms with Crippen molar-refractivity contribution >= 4 is 27.8 Å². The van der Waals surface area contributed by atoms with Gasteiger partial charge in [-0.15, -0.1) is 0 Å². The van der Waals surface area contributed by atoms with E-state index in [1.165, 1.54) is 7.11 Å². The van der Waals surface area contributed by atoms with E-state index in [-0.39, 0.29) is 18.4 Å². The van der Waals surface area contributed by atoms with Crippen LogP contribution < -0.4 is 5.32 Å². The fourth-order valence-electron chi connectivity index (χ4n) is 0.540. The summed E-state index contributed by atoms with van der Waals surface area (Å²) in [5.41, 5.74) is 0. The molecule has 70 valence electrons. The number of hydrogen-bond acceptors (Lipinski definition) is 3. The van der Waals surface area contributed by atoms with Gasteiger partial charge in [-0.1, -0.05) is 22.9 Å². The van der Waals surface area contributed by atoms with Crippen molar-refractivity contribution in [2.45, 2.75) is 18.2 Å². The molecule has 0 fully saturated rings. The number of nitrogens with one attached hydrogen (secondary N) is 1. The predicted octanol–water partition coefficient (Wildman–Crippen LogP) is 0.449. The highest BCUT2D eigenvalue weighted by molar-refractivity contribution is 9.10. The summed E-state index contributed by atoms with van der Waals surface area (Å²) in [7, 11) is 1.30. The predicted molar refractivity (Wildman–Crippen MR) is 48.0 cm³/mol. The Morgan fingerprint density at radius 2 is 2.17 bits per heavy atom. The van der Waals surface area contributed by atoms with Crippen LogP contribution >= 0.6 is 15.9 Å². The van der Waals surface area contributed by atoms with Gasteiger partial charge in [0.15, 0.2) is 0 Å². The number of methoxy groups -OCH3 is 1. The van der Waals surface area contributed by atoms with E-state index in [1.54, 1.807) is 6.92 Å². The minimum absolute atomic E-state index is 0.0802. The van der Waals surface area contributed by atoms with Crippen LogP contribution in [0.2, 0.25) is 0 Å². The Kier molecular flexibility index (Phi) is 5.70. The van der Waals surface area contributed by atoms with Crippen LogP contribution in [0.3, 0.4) is 0 Å². The van der Waals surface area contributed by atoms with Crippen molar-refractivity contribution in [3.63, 3.8) is 0 Å². The zero-order chi connectivity index (χ0) is 9.56. The highest BCUT2D eigenvalue weighted by Gasteiger charge is 2.14. The third-order valence-electron chi connectivity index (χ3n) is 1.26. The highest BCUT2D eigenvalue weighted by atomic mass is 79.9. The van der Waals surface area contributed by atoms with Crippen molar-refractivity contribution in [3.05, 3.63) is 0 Å². The number of halogens is 1. The molecular formula is C7H12BrNO3. The maximum Gasteiger partial charge on any atom is 0.321 e. The summed E-state index contributed by atoms with van der Waals surface area (Å²) < 4.78 is 4.44. The van der Waals surface area contributed by atoms with Crippen LogP contribution in [0, 0.1) is 0 Å². The molecule has 0 bridgehead atoms. The molecule has 0 aromatic heterocycles. The lowest BCUT2D eigenvalue weighted by molar-refractivity contribution is -0.139. The molecule has 0 aliphatic rings. The fourth-order valence-corrected chi connectivity index (χ4v) is 0.888. The summed E-state index contributed by atoms with van der Waals surface area (Å²) >= 11 is 3.07. The van der Waals surface area contributed by atoms with Gasteiger partial charge in [0.05, 0.1) is 7.11 Å². The van der Waals surface area contributed by atoms with E-state index in [1.807, 2.05) is 0 Å². The first-order chi connectivity index (χ1) is 5.61. The van der Waals surface area contributed by atoms with Crippen LogP contribution in [0.25, 0.3) is 0 Å². The molecule has 1 atom stereocenters. The van der Waals surface area contributed by atoms with Gasteiger partial charge in [0, 0.05) is 13.0 Å². The quantitative estimate of drug-likeness (QED) is 0.571. The first-order valence-corrected chi connectivity index (χ1v) is 4.52. The molecule has 0 aliphatic carbocycles. The maximum atomic E-state index is 10.8. The summed E-state index contributed by atoms with van der Waals surface area (Å²) in [5.74, 6) is -0.463. The Bertz CT molecular complexity index is 172. The van der Waals surface area contributed by atoms with Gasteiger partial charge >= 0.3 is 5.97 Å². The number of rotatable bonds is 4. The Labute approximate surface area is 79.8 Å². The lowest BCUT2D eigenvalue weighted by Gasteiger charge is -2.07.